The van der Waals surface area contributed by atoms with Crippen molar-refractivity contribution in [2.24, 2.45) is 0 Å². The number of nitrogens with one attached hydrogen (secondary N) is 2. The number of hydrogen-bond donors (Lipinski definition) is 2. The van der Waals surface area contributed by atoms with E-state index in [0.29, 0.717) is 15.2 Å². The molecule has 0 spiro atoms. The van der Waals surface area contributed by atoms with Crippen molar-refractivity contribution in [3.8, 4) is 0 Å². The van der Waals surface area contributed by atoms with Crippen LogP contribution < -0.4 is 14.8 Å². The Hall–Kier alpha value is -2.18. The van der Waals surface area contributed by atoms with Crippen molar-refractivity contribution in [2.75, 3.05) is 7.11 Å². The van der Waals surface area contributed by atoms with Gasteiger partial charge in [0.1, 0.15) is 4.53 Å². The van der Waals surface area contributed by atoms with Gasteiger partial charge in [-0.05, 0) is 23.8 Å². The molecule has 5 nitrogen and oxygen atoms in total. The summed E-state index contributed by atoms with van der Waals surface area (Å²) in [6.45, 7) is 0. The molecule has 0 unspecified atom stereocenters. The van der Waals surface area contributed by atoms with Crippen molar-refractivity contribution in [2.45, 2.75) is 0 Å². The molecule has 0 amide bonds. The minimum Gasteiger partial charge on any atom is -0.466 e. The van der Waals surface area contributed by atoms with E-state index in [-0.39, 0.29) is 15.8 Å². The van der Waals surface area contributed by atoms with Gasteiger partial charge in [0.15, 0.2) is 0 Å². The monoisotopic (exact) mass is 322 g/mol. The minimum absolute atomic E-state index is 0.230. The maximum Gasteiger partial charge on any atom is 0.332 e. The lowest BCUT2D eigenvalue weighted by molar-refractivity contribution is -0.133. The Morgan fingerprint density at radius 2 is 2.00 bits per heavy atom. The molecular weight excluding hydrogens is 312 g/mol. The Kier molecular flexibility index (Phi) is 4.72. The van der Waals surface area contributed by atoms with Gasteiger partial charge in [0.05, 0.1) is 17.5 Å². The first-order chi connectivity index (χ1) is 9.99. The van der Waals surface area contributed by atoms with Crippen LogP contribution in [0.25, 0.3) is 12.2 Å². The number of halogens is 1. The molecule has 0 saturated carbocycles. The highest BCUT2D eigenvalue weighted by Gasteiger charge is 2.01. The standard InChI is InChI=1S/C14H11ClN2O3S/c1-20-13(18)7-11-14(19)17-12(21-11)6-10(16)8-2-4-9(15)5-3-8/h2-7,16H,1H3,(H,17,19)/b11-7-,12-6+,16-10?. The molecule has 1 aromatic carbocycles. The highest BCUT2D eigenvalue weighted by molar-refractivity contribution is 7.07. The first kappa shape index (κ1) is 15.2. The summed E-state index contributed by atoms with van der Waals surface area (Å²) in [7, 11) is 1.24. The second kappa shape index (κ2) is 6.51. The molecule has 0 aliphatic heterocycles. The van der Waals surface area contributed by atoms with E-state index in [9.17, 15) is 9.59 Å². The molecule has 108 valence electrons. The van der Waals surface area contributed by atoms with E-state index in [1.807, 2.05) is 0 Å². The fourth-order valence-electron chi connectivity index (χ4n) is 1.53. The van der Waals surface area contributed by atoms with E-state index in [1.165, 1.54) is 13.2 Å². The summed E-state index contributed by atoms with van der Waals surface area (Å²) < 4.78 is 5.19. The van der Waals surface area contributed by atoms with Crippen LogP contribution in [0.4, 0.5) is 0 Å². The molecule has 2 rings (SSSR count). The van der Waals surface area contributed by atoms with Crippen molar-refractivity contribution >= 4 is 46.8 Å². The third-order valence-corrected chi connectivity index (χ3v) is 3.78. The van der Waals surface area contributed by atoms with E-state index in [0.717, 1.165) is 17.4 Å². The Morgan fingerprint density at radius 3 is 2.62 bits per heavy atom. The van der Waals surface area contributed by atoms with Gasteiger partial charge in [0.25, 0.3) is 5.56 Å². The number of benzene rings is 1. The molecule has 21 heavy (non-hydrogen) atoms. The summed E-state index contributed by atoms with van der Waals surface area (Å²) in [5.74, 6) is -0.596. The zero-order valence-electron chi connectivity index (χ0n) is 11.0. The third kappa shape index (κ3) is 3.90. The normalized spacial score (nSPS) is 12.5. The van der Waals surface area contributed by atoms with E-state index in [2.05, 4.69) is 9.72 Å². The number of ether oxygens (including phenoxy) is 1. The van der Waals surface area contributed by atoms with Crippen molar-refractivity contribution in [1.82, 2.24) is 4.98 Å². The summed E-state index contributed by atoms with van der Waals surface area (Å²) in [6.07, 6.45) is 2.64. The Balaban J connectivity index is 2.38. The van der Waals surface area contributed by atoms with Crippen LogP contribution in [0.1, 0.15) is 5.56 Å². The van der Waals surface area contributed by atoms with Gasteiger partial charge < -0.3 is 15.1 Å². The average Bonchev–Trinajstić information content (AvgIpc) is 2.79. The van der Waals surface area contributed by atoms with Gasteiger partial charge in [0.2, 0.25) is 0 Å². The van der Waals surface area contributed by atoms with Crippen LogP contribution in [-0.2, 0) is 9.53 Å². The number of H-pyrrole nitrogens is 1. The van der Waals surface area contributed by atoms with Crippen LogP contribution in [-0.4, -0.2) is 23.8 Å². The van der Waals surface area contributed by atoms with Crippen LogP contribution in [0.3, 0.4) is 0 Å². The minimum atomic E-state index is -0.596. The first-order valence-corrected chi connectivity index (χ1v) is 7.04. The lowest BCUT2D eigenvalue weighted by Gasteiger charge is -1.97. The quantitative estimate of drug-likeness (QED) is 0.650. The van der Waals surface area contributed by atoms with Gasteiger partial charge in [-0.2, -0.15) is 0 Å². The summed E-state index contributed by atoms with van der Waals surface area (Å²) in [5.41, 5.74) is 0.515. The second-order valence-corrected chi connectivity index (χ2v) is 5.54. The summed E-state index contributed by atoms with van der Waals surface area (Å²) in [6, 6.07) is 6.81. The number of thiazole rings is 1. The van der Waals surface area contributed by atoms with Gasteiger partial charge in [0, 0.05) is 11.1 Å². The number of carbonyl (C=O) groups is 1. The summed E-state index contributed by atoms with van der Waals surface area (Å²) in [5, 5.41) is 8.57. The molecule has 0 fully saturated rings. The van der Waals surface area contributed by atoms with Gasteiger partial charge in [-0.3, -0.25) is 4.79 Å². The number of carbonyl (C=O) groups excluding carboxylic acids is 1. The topological polar surface area (TPSA) is 83.0 Å². The number of hydrogen-bond acceptors (Lipinski definition) is 5. The van der Waals surface area contributed by atoms with Crippen molar-refractivity contribution in [3.63, 3.8) is 0 Å². The molecule has 2 N–H and O–H groups in total. The molecule has 0 saturated heterocycles. The Bertz CT molecular complexity index is 850. The van der Waals surface area contributed by atoms with Crippen LogP contribution in [0, 0.1) is 5.41 Å². The van der Waals surface area contributed by atoms with Gasteiger partial charge in [-0.1, -0.05) is 23.7 Å². The predicted octanol–water partition coefficient (Wildman–Crippen LogP) is 0.892. The molecule has 1 aromatic heterocycles. The highest BCUT2D eigenvalue weighted by atomic mass is 35.5. The number of aromatic nitrogens is 1. The Morgan fingerprint density at radius 1 is 1.33 bits per heavy atom. The van der Waals surface area contributed by atoms with Crippen LogP contribution >= 0.6 is 22.9 Å². The molecule has 0 aliphatic rings. The zero-order chi connectivity index (χ0) is 15.4. The smallest absolute Gasteiger partial charge is 0.332 e. The largest absolute Gasteiger partial charge is 0.466 e. The molecule has 0 atom stereocenters. The first-order valence-electron chi connectivity index (χ1n) is 5.84. The maximum atomic E-state index is 11.7. The molecule has 7 heteroatoms. The fraction of sp³-hybridized carbons (Fsp3) is 0.0714. The molecule has 1 heterocycles. The summed E-state index contributed by atoms with van der Waals surface area (Å²) in [4.78, 5) is 25.4. The summed E-state index contributed by atoms with van der Waals surface area (Å²) >= 11 is 6.87. The molecule has 0 bridgehead atoms. The van der Waals surface area contributed by atoms with Crippen LogP contribution in [0.5, 0.6) is 0 Å². The predicted molar refractivity (Wildman–Crippen MR) is 83.4 cm³/mol. The van der Waals surface area contributed by atoms with E-state index < -0.39 is 5.97 Å². The van der Waals surface area contributed by atoms with Gasteiger partial charge in [-0.25, -0.2) is 4.79 Å². The maximum absolute atomic E-state index is 11.7. The highest BCUT2D eigenvalue weighted by Crippen LogP contribution is 2.10. The number of rotatable bonds is 3. The SMILES string of the molecule is COC(=O)/C=c1\s/c(=C/C(=N)c2ccc(Cl)cc2)[nH]c1=O. The molecule has 0 radical (unpaired) electrons. The molecule has 2 aromatic rings. The van der Waals surface area contributed by atoms with Crippen LogP contribution in [0.15, 0.2) is 29.1 Å². The number of esters is 1. The molecule has 0 aliphatic carbocycles. The zero-order valence-corrected chi connectivity index (χ0v) is 12.5. The average molecular weight is 323 g/mol. The molecular formula is C14H11ClN2O3S. The third-order valence-electron chi connectivity index (χ3n) is 2.56. The number of aromatic amines is 1. The van der Waals surface area contributed by atoms with Crippen LogP contribution in [0.2, 0.25) is 5.02 Å². The number of methoxy groups -OCH3 is 1. The van der Waals surface area contributed by atoms with E-state index >= 15 is 0 Å². The lowest BCUT2D eigenvalue weighted by Crippen LogP contribution is -2.21. The van der Waals surface area contributed by atoms with Gasteiger partial charge >= 0.3 is 5.97 Å². The van der Waals surface area contributed by atoms with Crippen molar-refractivity contribution in [1.29, 1.82) is 5.41 Å². The van der Waals surface area contributed by atoms with E-state index in [1.54, 1.807) is 24.3 Å². The fourth-order valence-corrected chi connectivity index (χ4v) is 2.52. The van der Waals surface area contributed by atoms with Gasteiger partial charge in [-0.15, -0.1) is 11.3 Å². The van der Waals surface area contributed by atoms with Crippen molar-refractivity contribution in [3.05, 3.63) is 54.4 Å². The second-order valence-electron chi connectivity index (χ2n) is 4.02. The van der Waals surface area contributed by atoms with E-state index in [4.69, 9.17) is 17.0 Å². The lowest BCUT2D eigenvalue weighted by atomic mass is 10.1. The Labute approximate surface area is 128 Å². The van der Waals surface area contributed by atoms with Crippen molar-refractivity contribution < 1.29 is 9.53 Å².